The second-order valence-corrected chi connectivity index (χ2v) is 6.47. The van der Waals surface area contributed by atoms with E-state index in [1.54, 1.807) is 0 Å². The van der Waals surface area contributed by atoms with E-state index in [9.17, 15) is 8.78 Å². The van der Waals surface area contributed by atoms with Crippen LogP contribution in [0.4, 0.5) is 8.78 Å². The Hall–Kier alpha value is -2.46. The van der Waals surface area contributed by atoms with E-state index in [0.29, 0.717) is 6.54 Å². The molecule has 25 heavy (non-hydrogen) atoms. The Kier molecular flexibility index (Phi) is 4.36. The lowest BCUT2D eigenvalue weighted by atomic mass is 9.99. The SMILES string of the molecule is Fc1cccc(F)c1[C@H]1c2cccn2CCCN1Cc1ccccc1. The number of nitrogens with zero attached hydrogens (tertiary/aromatic N) is 2. The van der Waals surface area contributed by atoms with Crippen molar-refractivity contribution in [3.8, 4) is 0 Å². The fraction of sp³-hybridized carbons (Fsp3) is 0.238. The van der Waals surface area contributed by atoms with Crippen LogP contribution < -0.4 is 0 Å². The van der Waals surface area contributed by atoms with Crippen molar-refractivity contribution < 1.29 is 8.78 Å². The highest BCUT2D eigenvalue weighted by Gasteiger charge is 2.31. The minimum atomic E-state index is -0.488. The molecule has 3 aromatic rings. The number of hydrogen-bond acceptors (Lipinski definition) is 1. The number of hydrogen-bond donors (Lipinski definition) is 0. The number of aryl methyl sites for hydroxylation is 1. The summed E-state index contributed by atoms with van der Waals surface area (Å²) in [7, 11) is 0. The fourth-order valence-corrected chi connectivity index (χ4v) is 3.73. The van der Waals surface area contributed by atoms with Gasteiger partial charge in [0.1, 0.15) is 11.6 Å². The second-order valence-electron chi connectivity index (χ2n) is 6.47. The molecule has 1 aliphatic rings. The average molecular weight is 338 g/mol. The predicted octanol–water partition coefficient (Wildman–Crippen LogP) is 4.76. The summed E-state index contributed by atoms with van der Waals surface area (Å²) in [5.41, 5.74) is 2.22. The maximum Gasteiger partial charge on any atom is 0.131 e. The Morgan fingerprint density at radius 3 is 2.36 bits per heavy atom. The number of benzene rings is 2. The number of rotatable bonds is 3. The number of halogens is 2. The van der Waals surface area contributed by atoms with Crippen molar-refractivity contribution in [3.63, 3.8) is 0 Å². The van der Waals surface area contributed by atoms with Gasteiger partial charge in [0.15, 0.2) is 0 Å². The van der Waals surface area contributed by atoms with Crippen LogP contribution in [0.2, 0.25) is 0 Å². The van der Waals surface area contributed by atoms with Crippen LogP contribution in [0.25, 0.3) is 0 Å². The first-order valence-electron chi connectivity index (χ1n) is 8.61. The molecule has 0 amide bonds. The Bertz CT molecular complexity index is 837. The van der Waals surface area contributed by atoms with Crippen LogP contribution in [0.15, 0.2) is 66.9 Å². The van der Waals surface area contributed by atoms with E-state index in [1.165, 1.54) is 18.2 Å². The van der Waals surface area contributed by atoms with Gasteiger partial charge in [-0.25, -0.2) is 8.78 Å². The molecule has 0 aliphatic carbocycles. The molecule has 1 atom stereocenters. The molecule has 0 saturated heterocycles. The van der Waals surface area contributed by atoms with Crippen LogP contribution in [0.5, 0.6) is 0 Å². The summed E-state index contributed by atoms with van der Waals surface area (Å²) < 4.78 is 31.3. The molecule has 0 bridgehead atoms. The van der Waals surface area contributed by atoms with Gasteiger partial charge >= 0.3 is 0 Å². The van der Waals surface area contributed by atoms with E-state index < -0.39 is 17.7 Å². The zero-order chi connectivity index (χ0) is 17.2. The van der Waals surface area contributed by atoms with E-state index in [0.717, 1.165) is 30.8 Å². The molecule has 2 aromatic carbocycles. The first-order valence-corrected chi connectivity index (χ1v) is 8.61. The van der Waals surface area contributed by atoms with E-state index >= 15 is 0 Å². The Morgan fingerprint density at radius 2 is 1.60 bits per heavy atom. The van der Waals surface area contributed by atoms with Crippen LogP contribution in [0.3, 0.4) is 0 Å². The lowest BCUT2D eigenvalue weighted by Crippen LogP contribution is -2.30. The van der Waals surface area contributed by atoms with Gasteiger partial charge in [-0.05, 0) is 36.2 Å². The summed E-state index contributed by atoms with van der Waals surface area (Å²) in [6, 6.07) is 17.7. The summed E-state index contributed by atoms with van der Waals surface area (Å²) in [6.45, 7) is 2.31. The van der Waals surface area contributed by atoms with Crippen LogP contribution in [0.1, 0.15) is 29.3 Å². The average Bonchev–Trinajstić information content (AvgIpc) is 3.00. The minimum absolute atomic E-state index is 0.139. The zero-order valence-corrected chi connectivity index (χ0v) is 13.9. The zero-order valence-electron chi connectivity index (χ0n) is 13.9. The van der Waals surface area contributed by atoms with E-state index in [-0.39, 0.29) is 5.56 Å². The molecule has 2 heterocycles. The van der Waals surface area contributed by atoms with Gasteiger partial charge in [-0.3, -0.25) is 4.90 Å². The fourth-order valence-electron chi connectivity index (χ4n) is 3.73. The lowest BCUT2D eigenvalue weighted by molar-refractivity contribution is 0.212. The molecule has 0 fully saturated rings. The molecule has 0 saturated carbocycles. The molecule has 4 rings (SSSR count). The molecule has 2 nitrogen and oxygen atoms in total. The predicted molar refractivity (Wildman–Crippen MR) is 94.1 cm³/mol. The molecule has 0 N–H and O–H groups in total. The topological polar surface area (TPSA) is 8.17 Å². The molecule has 1 aromatic heterocycles. The van der Waals surface area contributed by atoms with Gasteiger partial charge in [-0.2, -0.15) is 0 Å². The quantitative estimate of drug-likeness (QED) is 0.668. The standard InChI is InChI=1S/C21H20F2N2/c22-17-9-4-10-18(23)20(17)21-19-11-5-12-24(19)13-6-14-25(21)15-16-7-2-1-3-8-16/h1-5,7-12,21H,6,13-15H2/t21-/m1/s1. The highest BCUT2D eigenvalue weighted by Crippen LogP contribution is 2.35. The Balaban J connectivity index is 1.81. The van der Waals surface area contributed by atoms with E-state index in [4.69, 9.17) is 0 Å². The number of fused-ring (bicyclic) bond motifs is 1. The van der Waals surface area contributed by atoms with Gasteiger partial charge in [0.2, 0.25) is 0 Å². The van der Waals surface area contributed by atoms with Crippen molar-refractivity contribution in [3.05, 3.63) is 95.3 Å². The summed E-state index contributed by atoms with van der Waals surface area (Å²) in [4.78, 5) is 2.18. The molecule has 128 valence electrons. The Morgan fingerprint density at radius 1 is 0.840 bits per heavy atom. The van der Waals surface area contributed by atoms with Gasteiger partial charge in [0.25, 0.3) is 0 Å². The van der Waals surface area contributed by atoms with Gasteiger partial charge in [0.05, 0.1) is 6.04 Å². The van der Waals surface area contributed by atoms with Gasteiger partial charge in [-0.15, -0.1) is 0 Å². The second kappa shape index (κ2) is 6.81. The van der Waals surface area contributed by atoms with Crippen LogP contribution in [-0.4, -0.2) is 16.0 Å². The van der Waals surface area contributed by atoms with Crippen LogP contribution >= 0.6 is 0 Å². The molecular formula is C21H20F2N2. The van der Waals surface area contributed by atoms with Gasteiger partial charge in [0, 0.05) is 37.1 Å². The normalized spacial score (nSPS) is 17.9. The third-order valence-electron chi connectivity index (χ3n) is 4.86. The van der Waals surface area contributed by atoms with Crippen molar-refractivity contribution in [2.45, 2.75) is 25.6 Å². The minimum Gasteiger partial charge on any atom is -0.350 e. The lowest BCUT2D eigenvalue weighted by Gasteiger charge is -2.31. The summed E-state index contributed by atoms with van der Waals surface area (Å²) >= 11 is 0. The van der Waals surface area contributed by atoms with Crippen molar-refractivity contribution in [1.29, 1.82) is 0 Å². The van der Waals surface area contributed by atoms with E-state index in [2.05, 4.69) is 21.6 Å². The summed E-state index contributed by atoms with van der Waals surface area (Å²) in [5.74, 6) is -0.976. The van der Waals surface area contributed by atoms with Crippen LogP contribution in [-0.2, 0) is 13.1 Å². The third kappa shape index (κ3) is 3.10. The van der Waals surface area contributed by atoms with Gasteiger partial charge < -0.3 is 4.57 Å². The van der Waals surface area contributed by atoms with E-state index in [1.807, 2.05) is 36.5 Å². The largest absolute Gasteiger partial charge is 0.350 e. The van der Waals surface area contributed by atoms with Crippen molar-refractivity contribution >= 4 is 0 Å². The highest BCUT2D eigenvalue weighted by molar-refractivity contribution is 5.32. The molecule has 1 aliphatic heterocycles. The highest BCUT2D eigenvalue weighted by atomic mass is 19.1. The van der Waals surface area contributed by atoms with Crippen LogP contribution in [0, 0.1) is 11.6 Å². The summed E-state index contributed by atoms with van der Waals surface area (Å²) in [5, 5.41) is 0. The Labute approximate surface area is 146 Å². The number of aromatic nitrogens is 1. The van der Waals surface area contributed by atoms with Crippen molar-refractivity contribution in [1.82, 2.24) is 9.47 Å². The molecule has 0 spiro atoms. The maximum absolute atomic E-state index is 14.6. The van der Waals surface area contributed by atoms with Crippen molar-refractivity contribution in [2.24, 2.45) is 0 Å². The first kappa shape index (κ1) is 16.0. The monoisotopic (exact) mass is 338 g/mol. The summed E-state index contributed by atoms with van der Waals surface area (Å²) in [6.07, 6.45) is 2.94. The smallest absolute Gasteiger partial charge is 0.131 e. The first-order chi connectivity index (χ1) is 12.2. The molecule has 4 heteroatoms. The van der Waals surface area contributed by atoms with Crippen molar-refractivity contribution in [2.75, 3.05) is 6.54 Å². The molecular weight excluding hydrogens is 318 g/mol. The third-order valence-corrected chi connectivity index (χ3v) is 4.86. The van der Waals surface area contributed by atoms with Gasteiger partial charge in [-0.1, -0.05) is 36.4 Å². The maximum atomic E-state index is 14.6. The molecule has 0 unspecified atom stereocenters. The molecule has 0 radical (unpaired) electrons.